The lowest BCUT2D eigenvalue weighted by molar-refractivity contribution is 0.585. The summed E-state index contributed by atoms with van der Waals surface area (Å²) in [6.45, 7) is 5.51. The van der Waals surface area contributed by atoms with E-state index in [9.17, 15) is 8.42 Å². The smallest absolute Gasteiger partial charge is 0.242 e. The predicted molar refractivity (Wildman–Crippen MR) is 65.9 cm³/mol. The van der Waals surface area contributed by atoms with Gasteiger partial charge in [-0.2, -0.15) is 0 Å². The molecule has 0 spiro atoms. The van der Waals surface area contributed by atoms with Crippen molar-refractivity contribution in [1.29, 1.82) is 0 Å². The average molecular weight is 261 g/mol. The largest absolute Gasteiger partial charge is 0.398 e. The molecule has 0 unspecified atom stereocenters. The zero-order chi connectivity index (χ0) is 12.3. The first kappa shape index (κ1) is 13.0. The van der Waals surface area contributed by atoms with Crippen LogP contribution in [-0.2, 0) is 10.0 Å². The fourth-order valence-electron chi connectivity index (χ4n) is 1.04. The van der Waals surface area contributed by atoms with Crippen molar-refractivity contribution in [3.63, 3.8) is 0 Å². The van der Waals surface area contributed by atoms with Crippen molar-refractivity contribution in [3.05, 3.63) is 35.4 Å². The van der Waals surface area contributed by atoms with Gasteiger partial charge in [0, 0.05) is 11.6 Å². The highest BCUT2D eigenvalue weighted by atomic mass is 35.5. The molecule has 88 valence electrons. The molecule has 0 aromatic heterocycles. The first-order chi connectivity index (χ1) is 7.33. The average Bonchev–Trinajstić information content (AvgIpc) is 2.19. The molecule has 3 N–H and O–H groups in total. The first-order valence-corrected chi connectivity index (χ1v) is 6.38. The van der Waals surface area contributed by atoms with Crippen LogP contribution in [0.5, 0.6) is 0 Å². The van der Waals surface area contributed by atoms with Gasteiger partial charge in [-0.25, -0.2) is 13.1 Å². The van der Waals surface area contributed by atoms with Gasteiger partial charge in [-0.05, 0) is 25.1 Å². The molecule has 1 aromatic carbocycles. The lowest BCUT2D eigenvalue weighted by atomic mass is 10.3. The van der Waals surface area contributed by atoms with Gasteiger partial charge < -0.3 is 5.73 Å². The Labute approximate surface area is 100 Å². The molecule has 6 heteroatoms. The molecule has 0 aliphatic rings. The minimum Gasteiger partial charge on any atom is -0.398 e. The number of benzene rings is 1. The highest BCUT2D eigenvalue weighted by Crippen LogP contribution is 2.22. The Morgan fingerprint density at radius 3 is 2.75 bits per heavy atom. The van der Waals surface area contributed by atoms with Crippen LogP contribution in [0.4, 0.5) is 5.69 Å². The van der Waals surface area contributed by atoms with Crippen LogP contribution in [0.3, 0.4) is 0 Å². The molecule has 4 nitrogen and oxygen atoms in total. The molecule has 0 saturated carbocycles. The number of anilines is 1. The summed E-state index contributed by atoms with van der Waals surface area (Å²) in [4.78, 5) is -0.0127. The van der Waals surface area contributed by atoms with Crippen molar-refractivity contribution in [2.75, 3.05) is 12.3 Å². The monoisotopic (exact) mass is 260 g/mol. The second-order valence-electron chi connectivity index (χ2n) is 3.46. The third-order valence-electron chi connectivity index (χ3n) is 1.83. The molecule has 0 aliphatic carbocycles. The number of nitrogens with one attached hydrogen (secondary N) is 1. The Balaban J connectivity index is 3.07. The lowest BCUT2D eigenvalue weighted by Gasteiger charge is -2.09. The van der Waals surface area contributed by atoms with Gasteiger partial charge in [0.25, 0.3) is 0 Å². The summed E-state index contributed by atoms with van der Waals surface area (Å²) < 4.78 is 26.0. The van der Waals surface area contributed by atoms with E-state index >= 15 is 0 Å². The summed E-state index contributed by atoms with van der Waals surface area (Å²) in [6.07, 6.45) is 0. The summed E-state index contributed by atoms with van der Waals surface area (Å²) in [6, 6.07) is 4.31. The van der Waals surface area contributed by atoms with E-state index in [2.05, 4.69) is 11.3 Å². The molecule has 0 aliphatic heterocycles. The number of nitrogen functional groups attached to an aromatic ring is 1. The van der Waals surface area contributed by atoms with Gasteiger partial charge in [-0.3, -0.25) is 0 Å². The molecule has 0 heterocycles. The molecule has 0 radical (unpaired) electrons. The third-order valence-corrected chi connectivity index (χ3v) is 3.52. The summed E-state index contributed by atoms with van der Waals surface area (Å²) in [5.41, 5.74) is 6.46. The number of nitrogens with two attached hydrogens (primary N) is 1. The van der Waals surface area contributed by atoms with E-state index < -0.39 is 10.0 Å². The molecule has 16 heavy (non-hydrogen) atoms. The van der Waals surface area contributed by atoms with Crippen LogP contribution < -0.4 is 10.5 Å². The van der Waals surface area contributed by atoms with Gasteiger partial charge in [0.05, 0.1) is 5.69 Å². The third kappa shape index (κ3) is 3.23. The van der Waals surface area contributed by atoms with Crippen LogP contribution in [-0.4, -0.2) is 15.0 Å². The van der Waals surface area contributed by atoms with E-state index in [0.717, 1.165) is 0 Å². The highest BCUT2D eigenvalue weighted by Gasteiger charge is 2.17. The fraction of sp³-hybridized carbons (Fsp3) is 0.200. The Bertz CT molecular complexity index is 512. The molecule has 0 saturated heterocycles. The van der Waals surface area contributed by atoms with Crippen molar-refractivity contribution in [2.45, 2.75) is 11.8 Å². The lowest BCUT2D eigenvalue weighted by Crippen LogP contribution is -2.26. The second kappa shape index (κ2) is 4.86. The van der Waals surface area contributed by atoms with Crippen molar-refractivity contribution in [3.8, 4) is 0 Å². The van der Waals surface area contributed by atoms with Crippen molar-refractivity contribution < 1.29 is 8.42 Å². The molecule has 0 atom stereocenters. The summed E-state index contributed by atoms with van der Waals surface area (Å²) in [5, 5.41) is 0.324. The Morgan fingerprint density at radius 2 is 2.19 bits per heavy atom. The van der Waals surface area contributed by atoms with Crippen LogP contribution in [0.25, 0.3) is 0 Å². The quantitative estimate of drug-likeness (QED) is 0.640. The maximum absolute atomic E-state index is 11.8. The predicted octanol–water partition coefficient (Wildman–Crippen LogP) is 1.78. The number of rotatable bonds is 4. The Morgan fingerprint density at radius 1 is 1.56 bits per heavy atom. The number of hydrogen-bond donors (Lipinski definition) is 2. The zero-order valence-corrected chi connectivity index (χ0v) is 10.4. The minimum atomic E-state index is -3.63. The van der Waals surface area contributed by atoms with Gasteiger partial charge in [0.2, 0.25) is 10.0 Å². The molecule has 1 aromatic rings. The number of halogens is 1. The topological polar surface area (TPSA) is 72.2 Å². The van der Waals surface area contributed by atoms with Crippen molar-refractivity contribution >= 4 is 27.3 Å². The second-order valence-corrected chi connectivity index (χ2v) is 5.64. The van der Waals surface area contributed by atoms with Gasteiger partial charge >= 0.3 is 0 Å². The normalized spacial score (nSPS) is 11.4. The molecule has 1 rings (SSSR count). The van der Waals surface area contributed by atoms with Crippen LogP contribution in [0.2, 0.25) is 5.02 Å². The molecular weight excluding hydrogens is 248 g/mol. The zero-order valence-electron chi connectivity index (χ0n) is 8.83. The van der Waals surface area contributed by atoms with Crippen molar-refractivity contribution in [2.24, 2.45) is 0 Å². The maximum Gasteiger partial charge on any atom is 0.242 e. The van der Waals surface area contributed by atoms with E-state index in [1.54, 1.807) is 6.92 Å². The summed E-state index contributed by atoms with van der Waals surface area (Å²) >= 11 is 5.72. The van der Waals surface area contributed by atoms with Crippen LogP contribution in [0.1, 0.15) is 6.92 Å². The van der Waals surface area contributed by atoms with E-state index in [0.29, 0.717) is 10.6 Å². The SMILES string of the molecule is C=C(C)CNS(=O)(=O)c1cc(Cl)ccc1N. The Hall–Kier alpha value is -1.04. The summed E-state index contributed by atoms with van der Waals surface area (Å²) in [7, 11) is -3.63. The van der Waals surface area contributed by atoms with Crippen LogP contribution in [0.15, 0.2) is 35.2 Å². The van der Waals surface area contributed by atoms with E-state index in [1.165, 1.54) is 18.2 Å². The van der Waals surface area contributed by atoms with Crippen molar-refractivity contribution in [1.82, 2.24) is 4.72 Å². The van der Waals surface area contributed by atoms with E-state index in [4.69, 9.17) is 17.3 Å². The highest BCUT2D eigenvalue weighted by molar-refractivity contribution is 7.89. The van der Waals surface area contributed by atoms with Crippen LogP contribution >= 0.6 is 11.6 Å². The maximum atomic E-state index is 11.8. The minimum absolute atomic E-state index is 0.0127. The van der Waals surface area contributed by atoms with Crippen LogP contribution in [0, 0.1) is 0 Å². The molecule has 0 amide bonds. The molecule has 0 bridgehead atoms. The van der Waals surface area contributed by atoms with Gasteiger partial charge in [0.1, 0.15) is 4.90 Å². The van der Waals surface area contributed by atoms with E-state index in [1.807, 2.05) is 0 Å². The Kier molecular flexibility index (Phi) is 3.96. The van der Waals surface area contributed by atoms with Gasteiger partial charge in [-0.15, -0.1) is 0 Å². The molecular formula is C10H13ClN2O2S. The molecule has 0 fully saturated rings. The number of sulfonamides is 1. The van der Waals surface area contributed by atoms with E-state index in [-0.39, 0.29) is 17.1 Å². The standard InChI is InChI=1S/C10H13ClN2O2S/c1-7(2)6-13-16(14,15)10-5-8(11)3-4-9(10)12/h3-5,13H,1,6,12H2,2H3. The fourth-order valence-corrected chi connectivity index (χ4v) is 2.53. The van der Waals surface area contributed by atoms with Gasteiger partial charge in [-0.1, -0.05) is 23.8 Å². The summed E-state index contributed by atoms with van der Waals surface area (Å²) in [5.74, 6) is 0. The number of hydrogen-bond acceptors (Lipinski definition) is 3. The first-order valence-electron chi connectivity index (χ1n) is 4.52. The van der Waals surface area contributed by atoms with Gasteiger partial charge in [0.15, 0.2) is 0 Å².